The van der Waals surface area contributed by atoms with Crippen molar-refractivity contribution in [1.82, 2.24) is 9.78 Å². The Morgan fingerprint density at radius 2 is 1.93 bits per heavy atom. The number of halogens is 1. The SMILES string of the molecule is COc1ccc(-c2cnn3c2NC(=O)CC3C(=O)Nc2ccc(Br)cc2)cc1. The molecule has 142 valence electrons. The number of hydrogen-bond acceptors (Lipinski definition) is 4. The fourth-order valence-electron chi connectivity index (χ4n) is 3.11. The van der Waals surface area contributed by atoms with Gasteiger partial charge in [-0.2, -0.15) is 5.10 Å². The molecule has 0 radical (unpaired) electrons. The van der Waals surface area contributed by atoms with Gasteiger partial charge in [0, 0.05) is 15.7 Å². The van der Waals surface area contributed by atoms with Crippen LogP contribution in [0.15, 0.2) is 59.2 Å². The van der Waals surface area contributed by atoms with Crippen LogP contribution in [0, 0.1) is 0 Å². The monoisotopic (exact) mass is 440 g/mol. The number of benzene rings is 2. The number of aromatic nitrogens is 2. The van der Waals surface area contributed by atoms with Crippen molar-refractivity contribution in [1.29, 1.82) is 0 Å². The minimum absolute atomic E-state index is 0.0269. The van der Waals surface area contributed by atoms with Crippen molar-refractivity contribution in [2.45, 2.75) is 12.5 Å². The Morgan fingerprint density at radius 3 is 2.61 bits per heavy atom. The molecule has 0 saturated heterocycles. The first-order valence-electron chi connectivity index (χ1n) is 8.63. The Labute approximate surface area is 169 Å². The molecular formula is C20H17BrN4O3. The van der Waals surface area contributed by atoms with Crippen molar-refractivity contribution >= 4 is 39.2 Å². The molecule has 2 heterocycles. The van der Waals surface area contributed by atoms with Gasteiger partial charge in [0.2, 0.25) is 11.8 Å². The Kier molecular flexibility index (Phi) is 4.87. The first-order chi connectivity index (χ1) is 13.5. The van der Waals surface area contributed by atoms with Gasteiger partial charge >= 0.3 is 0 Å². The normalized spacial score (nSPS) is 15.5. The van der Waals surface area contributed by atoms with Gasteiger partial charge in [-0.1, -0.05) is 28.1 Å². The van der Waals surface area contributed by atoms with E-state index in [1.54, 1.807) is 30.1 Å². The number of nitrogens with zero attached hydrogens (tertiary/aromatic N) is 2. The molecular weight excluding hydrogens is 424 g/mol. The molecule has 0 fully saturated rings. The molecule has 1 aliphatic heterocycles. The lowest BCUT2D eigenvalue weighted by molar-refractivity contribution is -0.125. The Bertz CT molecular complexity index is 1030. The van der Waals surface area contributed by atoms with Crippen molar-refractivity contribution in [2.24, 2.45) is 0 Å². The van der Waals surface area contributed by atoms with Crippen LogP contribution in [-0.4, -0.2) is 28.7 Å². The predicted octanol–water partition coefficient (Wildman–Crippen LogP) is 3.84. The van der Waals surface area contributed by atoms with Gasteiger partial charge in [0.15, 0.2) is 0 Å². The van der Waals surface area contributed by atoms with Crippen molar-refractivity contribution in [3.05, 3.63) is 59.2 Å². The number of amides is 2. The van der Waals surface area contributed by atoms with Gasteiger partial charge in [0.1, 0.15) is 17.6 Å². The Morgan fingerprint density at radius 1 is 1.21 bits per heavy atom. The van der Waals surface area contributed by atoms with Gasteiger partial charge in [0.05, 0.1) is 19.7 Å². The lowest BCUT2D eigenvalue weighted by atomic mass is 10.1. The number of ether oxygens (including phenoxy) is 1. The van der Waals surface area contributed by atoms with Gasteiger partial charge in [0.25, 0.3) is 0 Å². The highest BCUT2D eigenvalue weighted by Crippen LogP contribution is 2.35. The van der Waals surface area contributed by atoms with E-state index in [0.717, 1.165) is 21.3 Å². The topological polar surface area (TPSA) is 85.2 Å². The zero-order valence-corrected chi connectivity index (χ0v) is 16.6. The molecule has 1 atom stereocenters. The number of carbonyl (C=O) groups is 2. The predicted molar refractivity (Wildman–Crippen MR) is 109 cm³/mol. The number of hydrogen-bond donors (Lipinski definition) is 2. The largest absolute Gasteiger partial charge is 0.497 e. The van der Waals surface area contributed by atoms with E-state index in [1.165, 1.54) is 0 Å². The summed E-state index contributed by atoms with van der Waals surface area (Å²) < 4.78 is 7.66. The summed E-state index contributed by atoms with van der Waals surface area (Å²) in [5, 5.41) is 10.1. The quantitative estimate of drug-likeness (QED) is 0.645. The van der Waals surface area contributed by atoms with Crippen LogP contribution in [0.5, 0.6) is 5.75 Å². The standard InChI is InChI=1S/C20H17BrN4O3/c1-28-15-8-2-12(3-9-15)16-11-22-25-17(10-18(26)24-19(16)25)20(27)23-14-6-4-13(21)5-7-14/h2-9,11,17H,10H2,1H3,(H,23,27)(H,24,26). The highest BCUT2D eigenvalue weighted by Gasteiger charge is 2.33. The van der Waals surface area contributed by atoms with E-state index in [2.05, 4.69) is 31.7 Å². The molecule has 7 nitrogen and oxygen atoms in total. The third kappa shape index (κ3) is 3.50. The molecule has 28 heavy (non-hydrogen) atoms. The van der Waals surface area contributed by atoms with E-state index in [1.807, 2.05) is 36.4 Å². The van der Waals surface area contributed by atoms with E-state index in [0.29, 0.717) is 11.5 Å². The van der Waals surface area contributed by atoms with Crippen LogP contribution in [0.4, 0.5) is 11.5 Å². The summed E-state index contributed by atoms with van der Waals surface area (Å²) in [4.78, 5) is 25.1. The Hall–Kier alpha value is -3.13. The molecule has 0 aliphatic carbocycles. The number of anilines is 2. The zero-order chi connectivity index (χ0) is 19.7. The molecule has 2 N–H and O–H groups in total. The smallest absolute Gasteiger partial charge is 0.249 e. The van der Waals surface area contributed by atoms with Crippen LogP contribution < -0.4 is 15.4 Å². The summed E-state index contributed by atoms with van der Waals surface area (Å²) in [5.41, 5.74) is 2.27. The molecule has 2 amide bonds. The third-order valence-electron chi connectivity index (χ3n) is 4.54. The van der Waals surface area contributed by atoms with Crippen molar-refractivity contribution in [3.63, 3.8) is 0 Å². The number of methoxy groups -OCH3 is 1. The molecule has 1 aliphatic rings. The van der Waals surface area contributed by atoms with Gasteiger partial charge in [-0.05, 0) is 42.0 Å². The first kappa shape index (κ1) is 18.2. The molecule has 8 heteroatoms. The summed E-state index contributed by atoms with van der Waals surface area (Å²) in [6, 6.07) is 14.0. The lowest BCUT2D eigenvalue weighted by Gasteiger charge is -2.24. The molecule has 4 rings (SSSR count). The van der Waals surface area contributed by atoms with E-state index in [4.69, 9.17) is 4.74 Å². The van der Waals surface area contributed by atoms with Crippen LogP contribution in [-0.2, 0) is 9.59 Å². The highest BCUT2D eigenvalue weighted by molar-refractivity contribution is 9.10. The van der Waals surface area contributed by atoms with Crippen LogP contribution in [0.2, 0.25) is 0 Å². The lowest BCUT2D eigenvalue weighted by Crippen LogP contribution is -2.35. The second-order valence-corrected chi connectivity index (χ2v) is 7.26. The van der Waals surface area contributed by atoms with E-state index < -0.39 is 6.04 Å². The summed E-state index contributed by atoms with van der Waals surface area (Å²) in [6.45, 7) is 0. The maximum Gasteiger partial charge on any atom is 0.249 e. The summed E-state index contributed by atoms with van der Waals surface area (Å²) in [5.74, 6) is 0.736. The third-order valence-corrected chi connectivity index (χ3v) is 5.07. The summed E-state index contributed by atoms with van der Waals surface area (Å²) in [7, 11) is 1.60. The molecule has 1 aromatic heterocycles. The number of fused-ring (bicyclic) bond motifs is 1. The average Bonchev–Trinajstić information content (AvgIpc) is 3.12. The molecule has 2 aromatic carbocycles. The summed E-state index contributed by atoms with van der Waals surface area (Å²) in [6.07, 6.45) is 1.68. The van der Waals surface area contributed by atoms with E-state index in [-0.39, 0.29) is 18.2 Å². The van der Waals surface area contributed by atoms with Gasteiger partial charge in [-0.15, -0.1) is 0 Å². The first-order valence-corrected chi connectivity index (χ1v) is 9.42. The number of carbonyl (C=O) groups excluding carboxylic acids is 2. The maximum atomic E-state index is 12.8. The molecule has 1 unspecified atom stereocenters. The van der Waals surface area contributed by atoms with Crippen LogP contribution in [0.25, 0.3) is 11.1 Å². The molecule has 0 saturated carbocycles. The van der Waals surface area contributed by atoms with E-state index >= 15 is 0 Å². The minimum atomic E-state index is -0.723. The fourth-order valence-corrected chi connectivity index (χ4v) is 3.38. The minimum Gasteiger partial charge on any atom is -0.497 e. The molecule has 0 spiro atoms. The second kappa shape index (κ2) is 7.47. The van der Waals surface area contributed by atoms with Crippen LogP contribution in [0.3, 0.4) is 0 Å². The number of rotatable bonds is 4. The van der Waals surface area contributed by atoms with Crippen LogP contribution in [0.1, 0.15) is 12.5 Å². The fraction of sp³-hybridized carbons (Fsp3) is 0.150. The molecule has 0 bridgehead atoms. The molecule has 3 aromatic rings. The Balaban J connectivity index is 1.63. The average molecular weight is 441 g/mol. The highest BCUT2D eigenvalue weighted by atomic mass is 79.9. The van der Waals surface area contributed by atoms with Crippen molar-refractivity contribution in [2.75, 3.05) is 17.7 Å². The number of nitrogens with one attached hydrogen (secondary N) is 2. The van der Waals surface area contributed by atoms with Crippen molar-refractivity contribution < 1.29 is 14.3 Å². The van der Waals surface area contributed by atoms with E-state index in [9.17, 15) is 9.59 Å². The summed E-state index contributed by atoms with van der Waals surface area (Å²) >= 11 is 3.36. The second-order valence-electron chi connectivity index (χ2n) is 6.34. The van der Waals surface area contributed by atoms with Gasteiger partial charge in [-0.25, -0.2) is 4.68 Å². The van der Waals surface area contributed by atoms with Crippen molar-refractivity contribution in [3.8, 4) is 16.9 Å². The van der Waals surface area contributed by atoms with Crippen LogP contribution >= 0.6 is 15.9 Å². The van der Waals surface area contributed by atoms with Gasteiger partial charge in [-0.3, -0.25) is 9.59 Å². The van der Waals surface area contributed by atoms with Gasteiger partial charge < -0.3 is 15.4 Å². The zero-order valence-electron chi connectivity index (χ0n) is 15.0. The maximum absolute atomic E-state index is 12.8.